The molecule has 0 spiro atoms. The molecule has 0 saturated carbocycles. The molecule has 8 heteroatoms. The van der Waals surface area contributed by atoms with Crippen LogP contribution >= 0.6 is 0 Å². The van der Waals surface area contributed by atoms with Crippen molar-refractivity contribution in [2.45, 2.75) is 39.9 Å². The van der Waals surface area contributed by atoms with Crippen LogP contribution in [0, 0.1) is 5.92 Å². The van der Waals surface area contributed by atoms with Crippen molar-refractivity contribution in [1.29, 1.82) is 0 Å². The van der Waals surface area contributed by atoms with Gasteiger partial charge < -0.3 is 14.9 Å². The van der Waals surface area contributed by atoms with Gasteiger partial charge >= 0.3 is 18.2 Å². The van der Waals surface area contributed by atoms with Crippen molar-refractivity contribution < 1.29 is 27.9 Å². The summed E-state index contributed by atoms with van der Waals surface area (Å²) in [7, 11) is 0. The van der Waals surface area contributed by atoms with E-state index in [1.165, 1.54) is 20.8 Å². The summed E-state index contributed by atoms with van der Waals surface area (Å²) in [5, 5.41) is 8.81. The van der Waals surface area contributed by atoms with Gasteiger partial charge in [0.05, 0.1) is 5.92 Å². The van der Waals surface area contributed by atoms with E-state index < -0.39 is 36.7 Å². The molecule has 0 aromatic rings. The Kier molecular flexibility index (Phi) is 6.81. The zero-order chi connectivity index (χ0) is 16.1. The number of urea groups is 1. The van der Waals surface area contributed by atoms with E-state index in [-0.39, 0.29) is 13.1 Å². The van der Waals surface area contributed by atoms with E-state index in [9.17, 15) is 22.8 Å². The predicted octanol–water partition coefficient (Wildman–Crippen LogP) is 2.42. The van der Waals surface area contributed by atoms with Crippen molar-refractivity contribution in [2.24, 2.45) is 5.92 Å². The van der Waals surface area contributed by atoms with Gasteiger partial charge in [0, 0.05) is 19.1 Å². The number of carbonyl (C=O) groups is 2. The van der Waals surface area contributed by atoms with Gasteiger partial charge in [-0.1, -0.05) is 6.92 Å². The topological polar surface area (TPSA) is 60.9 Å². The summed E-state index contributed by atoms with van der Waals surface area (Å²) >= 11 is 0. The fourth-order valence-electron chi connectivity index (χ4n) is 1.60. The maximum Gasteiger partial charge on any atom is 0.406 e. The lowest BCUT2D eigenvalue weighted by Gasteiger charge is -2.33. The van der Waals surface area contributed by atoms with Gasteiger partial charge in [-0.2, -0.15) is 13.2 Å². The van der Waals surface area contributed by atoms with Gasteiger partial charge in [0.2, 0.25) is 0 Å². The summed E-state index contributed by atoms with van der Waals surface area (Å²) < 4.78 is 37.4. The molecule has 1 atom stereocenters. The predicted molar refractivity (Wildman–Crippen MR) is 67.3 cm³/mol. The number of carboxylic acids is 1. The van der Waals surface area contributed by atoms with Gasteiger partial charge in [-0.3, -0.25) is 4.79 Å². The van der Waals surface area contributed by atoms with Crippen molar-refractivity contribution >= 4 is 12.0 Å². The highest BCUT2D eigenvalue weighted by atomic mass is 19.4. The van der Waals surface area contributed by atoms with Crippen molar-refractivity contribution in [3.63, 3.8) is 0 Å². The number of hydrogen-bond acceptors (Lipinski definition) is 2. The molecule has 0 bridgehead atoms. The van der Waals surface area contributed by atoms with Crippen LogP contribution in [0.5, 0.6) is 0 Å². The van der Waals surface area contributed by atoms with Crippen LogP contribution < -0.4 is 0 Å². The van der Waals surface area contributed by atoms with Gasteiger partial charge in [-0.15, -0.1) is 0 Å². The fraction of sp³-hybridized carbons (Fsp3) is 0.833. The highest BCUT2D eigenvalue weighted by Gasteiger charge is 2.36. The van der Waals surface area contributed by atoms with Crippen molar-refractivity contribution in [1.82, 2.24) is 9.80 Å². The average Bonchev–Trinajstić information content (AvgIpc) is 2.30. The summed E-state index contributed by atoms with van der Waals surface area (Å²) in [4.78, 5) is 24.7. The van der Waals surface area contributed by atoms with Gasteiger partial charge in [-0.05, 0) is 20.8 Å². The highest BCUT2D eigenvalue weighted by molar-refractivity contribution is 5.76. The molecule has 0 aliphatic rings. The number of nitrogens with zero attached hydrogens (tertiary/aromatic N) is 2. The lowest BCUT2D eigenvalue weighted by Crippen LogP contribution is -2.51. The van der Waals surface area contributed by atoms with Crippen LogP contribution in [0.4, 0.5) is 18.0 Å². The molecular formula is C12H21F3N2O3. The Morgan fingerprint density at radius 1 is 1.20 bits per heavy atom. The molecule has 20 heavy (non-hydrogen) atoms. The lowest BCUT2D eigenvalue weighted by atomic mass is 10.1. The first-order valence-corrected chi connectivity index (χ1v) is 6.34. The molecule has 0 fully saturated rings. The monoisotopic (exact) mass is 298 g/mol. The van der Waals surface area contributed by atoms with Crippen LogP contribution in [-0.2, 0) is 4.79 Å². The minimum absolute atomic E-state index is 0.119. The third kappa shape index (κ3) is 6.12. The van der Waals surface area contributed by atoms with Crippen LogP contribution in [0.15, 0.2) is 0 Å². The van der Waals surface area contributed by atoms with Crippen LogP contribution in [-0.4, -0.2) is 58.8 Å². The number of rotatable bonds is 6. The minimum Gasteiger partial charge on any atom is -0.481 e. The number of carboxylic acid groups (broad SMARTS) is 1. The Bertz CT molecular complexity index is 345. The molecule has 5 nitrogen and oxygen atoms in total. The summed E-state index contributed by atoms with van der Waals surface area (Å²) in [5.41, 5.74) is 0. The van der Waals surface area contributed by atoms with E-state index >= 15 is 0 Å². The van der Waals surface area contributed by atoms with Crippen molar-refractivity contribution in [3.05, 3.63) is 0 Å². The smallest absolute Gasteiger partial charge is 0.406 e. The SMILES string of the molecule is CCN(CC(C)C(=O)O)C(=O)N(CC(F)(F)F)C(C)C. The first kappa shape index (κ1) is 18.5. The van der Waals surface area contributed by atoms with Crippen molar-refractivity contribution in [2.75, 3.05) is 19.6 Å². The first-order valence-electron chi connectivity index (χ1n) is 6.34. The molecule has 0 aliphatic carbocycles. The number of carbonyl (C=O) groups excluding carboxylic acids is 1. The number of alkyl halides is 3. The Labute approximate surface area is 116 Å². The summed E-state index contributed by atoms with van der Waals surface area (Å²) in [6.45, 7) is 4.65. The van der Waals surface area contributed by atoms with E-state index in [2.05, 4.69) is 0 Å². The molecule has 0 heterocycles. The molecule has 0 aromatic heterocycles. The minimum atomic E-state index is -4.49. The fourth-order valence-corrected chi connectivity index (χ4v) is 1.60. The molecule has 1 unspecified atom stereocenters. The quantitative estimate of drug-likeness (QED) is 0.819. The van der Waals surface area contributed by atoms with E-state index in [4.69, 9.17) is 5.11 Å². The molecule has 1 N–H and O–H groups in total. The Morgan fingerprint density at radius 2 is 1.70 bits per heavy atom. The van der Waals surface area contributed by atoms with Crippen LogP contribution in [0.3, 0.4) is 0 Å². The summed E-state index contributed by atoms with van der Waals surface area (Å²) in [5.74, 6) is -1.93. The number of hydrogen-bond donors (Lipinski definition) is 1. The van der Waals surface area contributed by atoms with Gasteiger partial charge in [0.15, 0.2) is 0 Å². The largest absolute Gasteiger partial charge is 0.481 e. The zero-order valence-electron chi connectivity index (χ0n) is 12.1. The molecule has 0 rings (SSSR count). The molecule has 0 aliphatic heterocycles. The Morgan fingerprint density at radius 3 is 2.00 bits per heavy atom. The average molecular weight is 298 g/mol. The molecule has 0 radical (unpaired) electrons. The van der Waals surface area contributed by atoms with Crippen molar-refractivity contribution in [3.8, 4) is 0 Å². The lowest BCUT2D eigenvalue weighted by molar-refractivity contribution is -0.145. The standard InChI is InChI=1S/C12H21F3N2O3/c1-5-16(6-9(4)10(18)19)11(20)17(8(2)3)7-12(13,14)15/h8-9H,5-7H2,1-4H3,(H,18,19). The van der Waals surface area contributed by atoms with Gasteiger partial charge in [-0.25, -0.2) is 4.79 Å². The Balaban J connectivity index is 4.97. The second-order valence-electron chi connectivity index (χ2n) is 4.90. The van der Waals surface area contributed by atoms with Crippen LogP contribution in [0.25, 0.3) is 0 Å². The maximum absolute atomic E-state index is 12.5. The van der Waals surface area contributed by atoms with Gasteiger partial charge in [0.1, 0.15) is 6.54 Å². The van der Waals surface area contributed by atoms with E-state index in [1.807, 2.05) is 0 Å². The number of halogens is 3. The summed E-state index contributed by atoms with van der Waals surface area (Å²) in [6, 6.07) is -1.42. The molecule has 2 amide bonds. The van der Waals surface area contributed by atoms with E-state index in [0.29, 0.717) is 4.90 Å². The first-order chi connectivity index (χ1) is 8.99. The van der Waals surface area contributed by atoms with Gasteiger partial charge in [0.25, 0.3) is 0 Å². The molecule has 0 aromatic carbocycles. The summed E-state index contributed by atoms with van der Waals surface area (Å²) in [6.07, 6.45) is -4.49. The maximum atomic E-state index is 12.5. The zero-order valence-corrected chi connectivity index (χ0v) is 12.1. The normalized spacial score (nSPS) is 13.2. The molecular weight excluding hydrogens is 277 g/mol. The van der Waals surface area contributed by atoms with Crippen LogP contribution in [0.1, 0.15) is 27.7 Å². The Hall–Kier alpha value is -1.47. The third-order valence-corrected chi connectivity index (χ3v) is 2.79. The third-order valence-electron chi connectivity index (χ3n) is 2.79. The second-order valence-corrected chi connectivity index (χ2v) is 4.90. The van der Waals surface area contributed by atoms with Crippen LogP contribution in [0.2, 0.25) is 0 Å². The number of aliphatic carboxylic acids is 1. The molecule has 118 valence electrons. The number of amides is 2. The van der Waals surface area contributed by atoms with E-state index in [1.54, 1.807) is 6.92 Å². The second kappa shape index (κ2) is 7.35. The van der Waals surface area contributed by atoms with E-state index in [0.717, 1.165) is 4.90 Å². The highest BCUT2D eigenvalue weighted by Crippen LogP contribution is 2.19. The molecule has 0 saturated heterocycles.